The molecule has 0 bridgehead atoms. The molecule has 4 heteroatoms. The highest BCUT2D eigenvalue weighted by molar-refractivity contribution is 9.10. The maximum absolute atomic E-state index is 9.44. The number of rotatable bonds is 4. The first-order chi connectivity index (χ1) is 9.24. The molecule has 100 valence electrons. The van der Waals surface area contributed by atoms with Crippen LogP contribution in [0.1, 0.15) is 11.6 Å². The first-order valence-corrected chi connectivity index (χ1v) is 7.26. The molecule has 0 amide bonds. The lowest BCUT2D eigenvalue weighted by Gasteiger charge is -2.36. The second-order valence-corrected chi connectivity index (χ2v) is 5.62. The van der Waals surface area contributed by atoms with Crippen molar-refractivity contribution in [2.75, 3.05) is 32.7 Å². The summed E-state index contributed by atoms with van der Waals surface area (Å²) in [6.45, 7) is 8.57. The Morgan fingerprint density at radius 1 is 1.26 bits per heavy atom. The van der Waals surface area contributed by atoms with Gasteiger partial charge in [-0.2, -0.15) is 5.26 Å². The number of halogens is 1. The van der Waals surface area contributed by atoms with Crippen molar-refractivity contribution in [3.63, 3.8) is 0 Å². The Labute approximate surface area is 123 Å². The lowest BCUT2D eigenvalue weighted by atomic mass is 10.1. The Morgan fingerprint density at radius 2 is 1.89 bits per heavy atom. The summed E-state index contributed by atoms with van der Waals surface area (Å²) in [5.41, 5.74) is 1.07. The van der Waals surface area contributed by atoms with Crippen molar-refractivity contribution in [1.29, 1.82) is 5.26 Å². The van der Waals surface area contributed by atoms with Gasteiger partial charge in [0, 0.05) is 37.2 Å². The van der Waals surface area contributed by atoms with Crippen molar-refractivity contribution < 1.29 is 0 Å². The van der Waals surface area contributed by atoms with Crippen molar-refractivity contribution in [3.8, 4) is 6.07 Å². The van der Waals surface area contributed by atoms with Gasteiger partial charge in [0.1, 0.15) is 6.04 Å². The largest absolute Gasteiger partial charge is 0.297 e. The zero-order chi connectivity index (χ0) is 13.7. The topological polar surface area (TPSA) is 30.3 Å². The predicted molar refractivity (Wildman–Crippen MR) is 80.7 cm³/mol. The molecule has 0 aromatic heterocycles. The van der Waals surface area contributed by atoms with E-state index in [1.54, 1.807) is 0 Å². The summed E-state index contributed by atoms with van der Waals surface area (Å²) in [6.07, 6.45) is 1.94. The number of piperazine rings is 1. The Morgan fingerprint density at radius 3 is 2.42 bits per heavy atom. The summed E-state index contributed by atoms with van der Waals surface area (Å²) in [6, 6.07) is 10.3. The van der Waals surface area contributed by atoms with Crippen LogP contribution in [-0.2, 0) is 0 Å². The lowest BCUT2D eigenvalue weighted by Crippen LogP contribution is -2.47. The van der Waals surface area contributed by atoms with E-state index in [-0.39, 0.29) is 6.04 Å². The summed E-state index contributed by atoms with van der Waals surface area (Å²) in [4.78, 5) is 4.61. The van der Waals surface area contributed by atoms with Crippen LogP contribution in [0.2, 0.25) is 0 Å². The van der Waals surface area contributed by atoms with E-state index in [1.165, 1.54) is 0 Å². The molecular weight excluding hydrogens is 302 g/mol. The van der Waals surface area contributed by atoms with Crippen LogP contribution in [0.3, 0.4) is 0 Å². The normalized spacial score (nSPS) is 18.7. The third kappa shape index (κ3) is 3.66. The highest BCUT2D eigenvalue weighted by Gasteiger charge is 2.24. The maximum Gasteiger partial charge on any atom is 0.123 e. The van der Waals surface area contributed by atoms with Crippen molar-refractivity contribution >= 4 is 15.9 Å². The molecule has 0 saturated carbocycles. The van der Waals surface area contributed by atoms with Gasteiger partial charge < -0.3 is 0 Å². The Balaban J connectivity index is 2.02. The smallest absolute Gasteiger partial charge is 0.123 e. The average molecular weight is 320 g/mol. The molecule has 1 aliphatic heterocycles. The second kappa shape index (κ2) is 6.85. The van der Waals surface area contributed by atoms with E-state index in [2.05, 4.69) is 38.4 Å². The SMILES string of the molecule is C=CCN1CCN([C@@H](C#N)c2ccc(Br)cc2)CC1. The first-order valence-electron chi connectivity index (χ1n) is 6.47. The van der Waals surface area contributed by atoms with Gasteiger partial charge in [-0.05, 0) is 17.7 Å². The molecular formula is C15H18BrN3. The van der Waals surface area contributed by atoms with Gasteiger partial charge in [0.05, 0.1) is 6.07 Å². The molecule has 19 heavy (non-hydrogen) atoms. The van der Waals surface area contributed by atoms with E-state index in [9.17, 15) is 5.26 Å². The second-order valence-electron chi connectivity index (χ2n) is 4.71. The van der Waals surface area contributed by atoms with Gasteiger partial charge in [-0.25, -0.2) is 0 Å². The Hall–Kier alpha value is -1.15. The van der Waals surface area contributed by atoms with E-state index in [1.807, 2.05) is 30.3 Å². The molecule has 1 saturated heterocycles. The molecule has 1 aromatic carbocycles. The van der Waals surface area contributed by atoms with Crippen LogP contribution >= 0.6 is 15.9 Å². The lowest BCUT2D eigenvalue weighted by molar-refractivity contribution is 0.123. The zero-order valence-electron chi connectivity index (χ0n) is 10.9. The van der Waals surface area contributed by atoms with Gasteiger partial charge >= 0.3 is 0 Å². The van der Waals surface area contributed by atoms with Crippen LogP contribution < -0.4 is 0 Å². The van der Waals surface area contributed by atoms with Crippen molar-refractivity contribution in [2.24, 2.45) is 0 Å². The molecule has 3 nitrogen and oxygen atoms in total. The van der Waals surface area contributed by atoms with E-state index in [0.717, 1.165) is 42.8 Å². The first kappa shape index (κ1) is 14.3. The fourth-order valence-electron chi connectivity index (χ4n) is 2.40. The van der Waals surface area contributed by atoms with Crippen LogP contribution in [0, 0.1) is 11.3 Å². The van der Waals surface area contributed by atoms with E-state index in [0.29, 0.717) is 0 Å². The van der Waals surface area contributed by atoms with Gasteiger partial charge in [-0.1, -0.05) is 34.1 Å². The minimum absolute atomic E-state index is 0.140. The van der Waals surface area contributed by atoms with E-state index >= 15 is 0 Å². The molecule has 1 heterocycles. The number of nitriles is 1. The highest BCUT2D eigenvalue weighted by Crippen LogP contribution is 2.23. The van der Waals surface area contributed by atoms with Crippen molar-refractivity contribution in [1.82, 2.24) is 9.80 Å². The van der Waals surface area contributed by atoms with E-state index in [4.69, 9.17) is 0 Å². The Kier molecular flexibility index (Phi) is 5.15. The van der Waals surface area contributed by atoms with Gasteiger partial charge in [-0.15, -0.1) is 6.58 Å². The number of nitrogens with zero attached hydrogens (tertiary/aromatic N) is 3. The molecule has 1 aliphatic rings. The highest BCUT2D eigenvalue weighted by atomic mass is 79.9. The predicted octanol–water partition coefficient (Wildman–Crippen LogP) is 2.82. The molecule has 0 spiro atoms. The van der Waals surface area contributed by atoms with Crippen LogP contribution in [0.5, 0.6) is 0 Å². The molecule has 1 atom stereocenters. The molecule has 1 fully saturated rings. The van der Waals surface area contributed by atoms with Crippen LogP contribution in [0.15, 0.2) is 41.4 Å². The summed E-state index contributed by atoms with van der Waals surface area (Å²) in [5.74, 6) is 0. The third-order valence-electron chi connectivity index (χ3n) is 3.47. The molecule has 1 aromatic rings. The van der Waals surface area contributed by atoms with Gasteiger partial charge in [0.2, 0.25) is 0 Å². The third-order valence-corrected chi connectivity index (χ3v) is 4.00. The fraction of sp³-hybridized carbons (Fsp3) is 0.400. The molecule has 0 aliphatic carbocycles. The van der Waals surface area contributed by atoms with Crippen LogP contribution in [0.25, 0.3) is 0 Å². The van der Waals surface area contributed by atoms with Gasteiger partial charge in [-0.3, -0.25) is 9.80 Å². The van der Waals surface area contributed by atoms with Gasteiger partial charge in [0.25, 0.3) is 0 Å². The molecule has 0 radical (unpaired) electrons. The van der Waals surface area contributed by atoms with Gasteiger partial charge in [0.15, 0.2) is 0 Å². The molecule has 0 unspecified atom stereocenters. The minimum Gasteiger partial charge on any atom is -0.297 e. The maximum atomic E-state index is 9.44. The van der Waals surface area contributed by atoms with Crippen molar-refractivity contribution in [2.45, 2.75) is 6.04 Å². The molecule has 2 rings (SSSR count). The zero-order valence-corrected chi connectivity index (χ0v) is 12.5. The van der Waals surface area contributed by atoms with E-state index < -0.39 is 0 Å². The minimum atomic E-state index is -0.140. The van der Waals surface area contributed by atoms with Crippen LogP contribution in [0.4, 0.5) is 0 Å². The quantitative estimate of drug-likeness (QED) is 0.799. The fourth-order valence-corrected chi connectivity index (χ4v) is 2.66. The molecule has 0 N–H and O–H groups in total. The Bertz CT molecular complexity index is 455. The average Bonchev–Trinajstić information content (AvgIpc) is 2.44. The number of benzene rings is 1. The summed E-state index contributed by atoms with van der Waals surface area (Å²) >= 11 is 3.43. The number of hydrogen-bond acceptors (Lipinski definition) is 3. The standard InChI is InChI=1S/C15H18BrN3/c1-2-7-18-8-10-19(11-9-18)15(12-17)13-3-5-14(16)6-4-13/h2-6,15H,1,7-11H2/t15-/m0/s1. The van der Waals surface area contributed by atoms with Crippen molar-refractivity contribution in [3.05, 3.63) is 47.0 Å². The summed E-state index contributed by atoms with van der Waals surface area (Å²) in [7, 11) is 0. The summed E-state index contributed by atoms with van der Waals surface area (Å²) < 4.78 is 1.05. The van der Waals surface area contributed by atoms with Crippen LogP contribution in [-0.4, -0.2) is 42.5 Å². The summed E-state index contributed by atoms with van der Waals surface area (Å²) in [5, 5.41) is 9.44. The number of hydrogen-bond donors (Lipinski definition) is 0. The monoisotopic (exact) mass is 319 g/mol.